The first kappa shape index (κ1) is 29.0. The van der Waals surface area contributed by atoms with E-state index in [-0.39, 0.29) is 24.2 Å². The molecule has 1 saturated heterocycles. The van der Waals surface area contributed by atoms with Crippen molar-refractivity contribution in [3.05, 3.63) is 39.8 Å². The van der Waals surface area contributed by atoms with Crippen LogP contribution in [-0.2, 0) is 22.3 Å². The fraction of sp³-hybridized carbons (Fsp3) is 0.643. The molecule has 3 aliphatic rings. The van der Waals surface area contributed by atoms with Gasteiger partial charge in [-0.1, -0.05) is 12.1 Å². The molecule has 1 saturated carbocycles. The van der Waals surface area contributed by atoms with E-state index in [1.54, 1.807) is 5.41 Å². The monoisotopic (exact) mass is 552 g/mol. The van der Waals surface area contributed by atoms with E-state index < -0.39 is 29.1 Å². The summed E-state index contributed by atoms with van der Waals surface area (Å²) in [6, 6.07) is 4.28. The molecular weight excluding hydrogens is 513 g/mol. The Morgan fingerprint density at radius 3 is 2.37 bits per heavy atom. The number of nitrogens with zero attached hydrogens (tertiary/aromatic N) is 2. The van der Waals surface area contributed by atoms with Crippen molar-refractivity contribution in [2.24, 2.45) is 16.8 Å². The minimum Gasteiger partial charge on any atom is -0.316 e. The second kappa shape index (κ2) is 12.0. The molecule has 1 amide bonds. The number of piperidine rings is 1. The summed E-state index contributed by atoms with van der Waals surface area (Å²) in [5.74, 6) is 0.790. The Labute approximate surface area is 226 Å². The topological polar surface area (TPSA) is 73.8 Å². The minimum atomic E-state index is -4.10. The van der Waals surface area contributed by atoms with Crippen LogP contribution in [0.15, 0.2) is 22.5 Å². The van der Waals surface area contributed by atoms with Crippen LogP contribution in [0.3, 0.4) is 0 Å². The normalized spacial score (nSPS) is 25.1. The molecule has 2 N–H and O–H groups in total. The molecule has 210 valence electrons. The summed E-state index contributed by atoms with van der Waals surface area (Å²) in [5, 5.41) is 7.88. The van der Waals surface area contributed by atoms with Crippen molar-refractivity contribution in [2.45, 2.75) is 83.5 Å². The van der Waals surface area contributed by atoms with Crippen LogP contribution in [0.5, 0.6) is 0 Å². The third-order valence-corrected chi connectivity index (χ3v) is 9.50. The molecule has 0 aromatic heterocycles. The Balaban J connectivity index is 1.31. The van der Waals surface area contributed by atoms with Gasteiger partial charge in [0, 0.05) is 37.4 Å². The number of amidine groups is 1. The number of hydrogen-bond acceptors (Lipinski definition) is 4. The molecule has 1 aromatic carbocycles. The number of amides is 1. The highest BCUT2D eigenvalue weighted by atomic mass is 32.2. The van der Waals surface area contributed by atoms with E-state index in [2.05, 4.69) is 36.6 Å². The van der Waals surface area contributed by atoms with E-state index in [0.717, 1.165) is 48.9 Å². The quantitative estimate of drug-likeness (QED) is 0.468. The first-order chi connectivity index (χ1) is 18.0. The molecule has 0 radical (unpaired) electrons. The van der Waals surface area contributed by atoms with Crippen LogP contribution in [0.4, 0.5) is 13.2 Å². The van der Waals surface area contributed by atoms with Gasteiger partial charge in [-0.25, -0.2) is 8.51 Å². The van der Waals surface area contributed by atoms with Crippen molar-refractivity contribution in [3.63, 3.8) is 0 Å². The predicted octanol–water partition coefficient (Wildman–Crippen LogP) is 5.17. The zero-order chi connectivity index (χ0) is 27.5. The standard InChI is InChI=1S/C28H39F3N4O2S/c1-19-16-22(18-32-3)17-20(2)24(19)9-15-38(37)35-13-11-27(12-14-35)26(36)33-25(34-27)23-6-4-21(5-7-23)8-10-28(29,30)31/h9,15-17,21,23,32H,4-8,10-14,18H2,1-3H3,(H,33,34,36)/b15-9+. The SMILES string of the molecule is CNCc1cc(C)c(/C=C/S(=O)N2CCC3(CC2)N=C(C2CCC(CCC(F)(F)F)CC2)NC3=O)c(C)c1. The molecule has 2 heterocycles. The second-order valence-electron chi connectivity index (χ2n) is 11.0. The van der Waals surface area contributed by atoms with Crippen LogP contribution in [0.1, 0.15) is 73.6 Å². The summed E-state index contributed by atoms with van der Waals surface area (Å²) in [4.78, 5) is 17.8. The Morgan fingerprint density at radius 1 is 1.16 bits per heavy atom. The Morgan fingerprint density at radius 2 is 1.79 bits per heavy atom. The molecular formula is C28H39F3N4O2S. The van der Waals surface area contributed by atoms with Crippen molar-refractivity contribution < 1.29 is 22.2 Å². The second-order valence-corrected chi connectivity index (χ2v) is 12.4. The summed E-state index contributed by atoms with van der Waals surface area (Å²) in [6.45, 7) is 5.92. The fourth-order valence-electron chi connectivity index (χ4n) is 6.05. The van der Waals surface area contributed by atoms with Crippen molar-refractivity contribution in [3.8, 4) is 0 Å². The number of halogens is 3. The maximum absolute atomic E-state index is 13.0. The molecule has 1 spiro atoms. The van der Waals surface area contributed by atoms with Gasteiger partial charge in [0.15, 0.2) is 0 Å². The molecule has 2 aliphatic heterocycles. The van der Waals surface area contributed by atoms with Crippen molar-refractivity contribution in [1.82, 2.24) is 14.9 Å². The van der Waals surface area contributed by atoms with E-state index in [1.165, 1.54) is 5.56 Å². The molecule has 1 aromatic rings. The van der Waals surface area contributed by atoms with E-state index in [9.17, 15) is 22.2 Å². The van der Waals surface area contributed by atoms with Gasteiger partial charge in [0.2, 0.25) is 0 Å². The van der Waals surface area contributed by atoms with Crippen LogP contribution in [-0.4, -0.2) is 52.1 Å². The molecule has 38 heavy (non-hydrogen) atoms. The first-order valence-electron chi connectivity index (χ1n) is 13.6. The Kier molecular flexibility index (Phi) is 9.15. The lowest BCUT2D eigenvalue weighted by Gasteiger charge is -2.34. The molecule has 1 unspecified atom stereocenters. The number of hydrogen-bond donors (Lipinski definition) is 2. The fourth-order valence-corrected chi connectivity index (χ4v) is 7.02. The highest BCUT2D eigenvalue weighted by Gasteiger charge is 2.47. The average molecular weight is 553 g/mol. The number of nitrogens with one attached hydrogen (secondary N) is 2. The number of rotatable bonds is 8. The summed E-state index contributed by atoms with van der Waals surface area (Å²) >= 11 is 0. The number of aryl methyl sites for hydroxylation is 2. The molecule has 2 fully saturated rings. The van der Waals surface area contributed by atoms with Crippen molar-refractivity contribution in [2.75, 3.05) is 20.1 Å². The van der Waals surface area contributed by atoms with Crippen LogP contribution in [0.2, 0.25) is 0 Å². The lowest BCUT2D eigenvalue weighted by Crippen LogP contribution is -2.49. The van der Waals surface area contributed by atoms with E-state index >= 15 is 0 Å². The van der Waals surface area contributed by atoms with Crippen molar-refractivity contribution in [1.29, 1.82) is 0 Å². The third-order valence-electron chi connectivity index (χ3n) is 8.26. The lowest BCUT2D eigenvalue weighted by molar-refractivity contribution is -0.138. The number of aliphatic imine (C=N–C) groups is 1. The highest BCUT2D eigenvalue weighted by Crippen LogP contribution is 2.38. The molecule has 1 aliphatic carbocycles. The van der Waals surface area contributed by atoms with Gasteiger partial charge in [-0.05, 0) is 100 Å². The largest absolute Gasteiger partial charge is 0.389 e. The number of benzene rings is 1. The average Bonchev–Trinajstić information content (AvgIpc) is 3.18. The van der Waals surface area contributed by atoms with Gasteiger partial charge >= 0.3 is 6.18 Å². The Bertz CT molecular complexity index is 1080. The summed E-state index contributed by atoms with van der Waals surface area (Å²) in [5.41, 5.74) is 3.75. The maximum atomic E-state index is 13.0. The molecule has 4 rings (SSSR count). The lowest BCUT2D eigenvalue weighted by atomic mass is 9.79. The van der Waals surface area contributed by atoms with Crippen molar-refractivity contribution >= 4 is 28.8 Å². The van der Waals surface area contributed by atoms with Gasteiger partial charge in [0.05, 0.1) is 0 Å². The summed E-state index contributed by atoms with van der Waals surface area (Å²) in [6.07, 6.45) is 1.27. The van der Waals surface area contributed by atoms with E-state index in [1.807, 2.05) is 17.4 Å². The third kappa shape index (κ3) is 6.93. The van der Waals surface area contributed by atoms with Crippen LogP contribution >= 0.6 is 0 Å². The summed E-state index contributed by atoms with van der Waals surface area (Å²) in [7, 11) is 0.613. The molecule has 0 bridgehead atoms. The zero-order valence-corrected chi connectivity index (χ0v) is 23.3. The van der Waals surface area contributed by atoms with Crippen LogP contribution < -0.4 is 10.6 Å². The highest BCUT2D eigenvalue weighted by molar-refractivity contribution is 7.85. The molecule has 1 atom stereocenters. The van der Waals surface area contributed by atoms with E-state index in [0.29, 0.717) is 31.8 Å². The first-order valence-corrected chi connectivity index (χ1v) is 14.7. The van der Waals surface area contributed by atoms with Gasteiger partial charge in [0.1, 0.15) is 22.4 Å². The van der Waals surface area contributed by atoms with E-state index in [4.69, 9.17) is 4.99 Å². The maximum Gasteiger partial charge on any atom is 0.389 e. The van der Waals surface area contributed by atoms with Gasteiger partial charge in [-0.15, -0.1) is 0 Å². The van der Waals surface area contributed by atoms with Gasteiger partial charge in [0.25, 0.3) is 5.91 Å². The van der Waals surface area contributed by atoms with Gasteiger partial charge < -0.3 is 10.6 Å². The van der Waals surface area contributed by atoms with Gasteiger partial charge in [-0.3, -0.25) is 9.79 Å². The minimum absolute atomic E-state index is 0.0877. The summed E-state index contributed by atoms with van der Waals surface area (Å²) < 4.78 is 52.6. The van der Waals surface area contributed by atoms with Crippen LogP contribution in [0.25, 0.3) is 6.08 Å². The number of alkyl halides is 3. The molecule has 10 heteroatoms. The zero-order valence-electron chi connectivity index (χ0n) is 22.5. The van der Waals surface area contributed by atoms with Gasteiger partial charge in [-0.2, -0.15) is 13.2 Å². The van der Waals surface area contributed by atoms with Crippen LogP contribution in [0, 0.1) is 25.7 Å². The number of carbonyl (C=O) groups excluding carboxylic acids is 1. The number of carbonyl (C=O) groups is 1. The molecule has 6 nitrogen and oxygen atoms in total. The predicted molar refractivity (Wildman–Crippen MR) is 146 cm³/mol. The Hall–Kier alpha value is -2.04. The smallest absolute Gasteiger partial charge is 0.316 e.